The van der Waals surface area contributed by atoms with E-state index in [2.05, 4.69) is 44.0 Å². The van der Waals surface area contributed by atoms with Gasteiger partial charge in [0.25, 0.3) is 5.91 Å². The number of anilines is 2. The average Bonchev–Trinajstić information content (AvgIpc) is 3.49. The summed E-state index contributed by atoms with van der Waals surface area (Å²) in [5, 5.41) is 0. The lowest BCUT2D eigenvalue weighted by molar-refractivity contribution is -0.113. The number of H-pyrrole nitrogens is 1. The minimum atomic E-state index is -0.134. The van der Waals surface area contributed by atoms with Gasteiger partial charge in [0.1, 0.15) is 6.04 Å². The van der Waals surface area contributed by atoms with Crippen molar-refractivity contribution >= 4 is 28.3 Å². The molecule has 2 aromatic carbocycles. The number of ether oxygens (including phenoxy) is 1. The van der Waals surface area contributed by atoms with Gasteiger partial charge in [-0.25, -0.2) is 4.98 Å². The zero-order valence-corrected chi connectivity index (χ0v) is 18.7. The fourth-order valence-corrected chi connectivity index (χ4v) is 5.31. The van der Waals surface area contributed by atoms with E-state index in [0.717, 1.165) is 67.4 Å². The maximum Gasteiger partial charge on any atom is 0.253 e. The monoisotopic (exact) mass is 443 g/mol. The van der Waals surface area contributed by atoms with E-state index in [9.17, 15) is 4.79 Å². The first kappa shape index (κ1) is 20.3. The fourth-order valence-electron chi connectivity index (χ4n) is 5.31. The Labute approximate surface area is 193 Å². The predicted molar refractivity (Wildman–Crippen MR) is 129 cm³/mol. The van der Waals surface area contributed by atoms with Gasteiger partial charge in [0.2, 0.25) is 0 Å². The van der Waals surface area contributed by atoms with Crippen LogP contribution in [0.5, 0.6) is 0 Å². The minimum Gasteiger partial charge on any atom is -0.378 e. The minimum absolute atomic E-state index is 0.0349. The fraction of sp³-hybridized carbons (Fsp3) is 0.385. The molecular formula is C26H29N5O2. The number of piperidine rings is 1. The number of imidazole rings is 1. The third-order valence-electron chi connectivity index (χ3n) is 7.04. The van der Waals surface area contributed by atoms with E-state index in [1.165, 1.54) is 24.9 Å². The molecule has 2 saturated heterocycles. The summed E-state index contributed by atoms with van der Waals surface area (Å²) in [6.07, 6.45) is 7.15. The van der Waals surface area contributed by atoms with Gasteiger partial charge in [0.05, 0.1) is 30.6 Å². The Morgan fingerprint density at radius 3 is 2.42 bits per heavy atom. The number of nitrogens with one attached hydrogen (secondary N) is 1. The van der Waals surface area contributed by atoms with E-state index in [0.29, 0.717) is 0 Å². The van der Waals surface area contributed by atoms with Gasteiger partial charge in [0, 0.05) is 49.3 Å². The van der Waals surface area contributed by atoms with Gasteiger partial charge in [-0.05, 0) is 55.2 Å². The quantitative estimate of drug-likeness (QED) is 0.664. The van der Waals surface area contributed by atoms with E-state index in [1.54, 1.807) is 6.33 Å². The SMILES string of the molecule is O=C1C=C(N2CCCCC2)C(c2ccc(N3CCOCC3)cc2)N1c1ccc2[nH]cnc2c1. The van der Waals surface area contributed by atoms with Crippen LogP contribution in [0.1, 0.15) is 30.9 Å². The molecule has 7 heteroatoms. The Kier molecular flexibility index (Phi) is 5.26. The number of aromatic nitrogens is 2. The summed E-state index contributed by atoms with van der Waals surface area (Å²) in [7, 11) is 0. The van der Waals surface area contributed by atoms with E-state index < -0.39 is 0 Å². The number of fused-ring (bicyclic) bond motifs is 1. The molecule has 0 bridgehead atoms. The molecule has 170 valence electrons. The highest BCUT2D eigenvalue weighted by molar-refractivity contribution is 6.06. The molecule has 0 saturated carbocycles. The van der Waals surface area contributed by atoms with Crippen LogP contribution in [0, 0.1) is 0 Å². The van der Waals surface area contributed by atoms with Crippen LogP contribution in [0.4, 0.5) is 11.4 Å². The van der Waals surface area contributed by atoms with Crippen molar-refractivity contribution in [2.75, 3.05) is 49.2 Å². The summed E-state index contributed by atoms with van der Waals surface area (Å²) in [5.74, 6) is 0.0349. The molecule has 1 amide bonds. The highest BCUT2D eigenvalue weighted by Gasteiger charge is 2.38. The number of morpholine rings is 1. The standard InChI is InChI=1S/C26H29N5O2/c32-25-17-24(30-10-2-1-3-11-30)26(31(25)21-8-9-22-23(16-21)28-18-27-22)19-4-6-20(7-5-19)29-12-14-33-15-13-29/h4-9,16-18,26H,1-3,10-15H2,(H,27,28). The number of hydrogen-bond acceptors (Lipinski definition) is 5. The van der Waals surface area contributed by atoms with Crippen LogP contribution in [0.15, 0.2) is 60.6 Å². The lowest BCUT2D eigenvalue weighted by Gasteiger charge is -2.36. The first-order chi connectivity index (χ1) is 16.3. The zero-order valence-electron chi connectivity index (χ0n) is 18.7. The van der Waals surface area contributed by atoms with Gasteiger partial charge < -0.3 is 19.5 Å². The Morgan fingerprint density at radius 1 is 0.879 bits per heavy atom. The number of hydrogen-bond donors (Lipinski definition) is 1. The smallest absolute Gasteiger partial charge is 0.253 e. The summed E-state index contributed by atoms with van der Waals surface area (Å²) >= 11 is 0. The van der Waals surface area contributed by atoms with Gasteiger partial charge in [-0.15, -0.1) is 0 Å². The molecule has 1 aromatic heterocycles. The molecule has 2 fully saturated rings. The van der Waals surface area contributed by atoms with Crippen molar-refractivity contribution in [1.82, 2.24) is 14.9 Å². The predicted octanol–water partition coefficient (Wildman–Crippen LogP) is 3.86. The zero-order chi connectivity index (χ0) is 22.2. The largest absolute Gasteiger partial charge is 0.378 e. The number of nitrogens with zero attached hydrogens (tertiary/aromatic N) is 4. The summed E-state index contributed by atoms with van der Waals surface area (Å²) in [5.41, 5.74) is 6.18. The second-order valence-corrected chi connectivity index (χ2v) is 9.02. The first-order valence-corrected chi connectivity index (χ1v) is 11.9. The number of rotatable bonds is 4. The average molecular weight is 444 g/mol. The van der Waals surface area contributed by atoms with Crippen LogP contribution in [-0.4, -0.2) is 60.2 Å². The summed E-state index contributed by atoms with van der Waals surface area (Å²) < 4.78 is 5.50. The molecule has 7 nitrogen and oxygen atoms in total. The molecule has 3 aliphatic rings. The molecule has 1 N–H and O–H groups in total. The Hall–Kier alpha value is -3.32. The van der Waals surface area contributed by atoms with E-state index in [4.69, 9.17) is 4.74 Å². The Morgan fingerprint density at radius 2 is 1.64 bits per heavy atom. The number of benzene rings is 2. The highest BCUT2D eigenvalue weighted by Crippen LogP contribution is 2.41. The Balaban J connectivity index is 1.37. The van der Waals surface area contributed by atoms with Crippen molar-refractivity contribution < 1.29 is 9.53 Å². The lowest BCUT2D eigenvalue weighted by Crippen LogP contribution is -2.36. The van der Waals surface area contributed by atoms with Crippen LogP contribution in [0.3, 0.4) is 0 Å². The third-order valence-corrected chi connectivity index (χ3v) is 7.04. The molecule has 0 spiro atoms. The van der Waals surface area contributed by atoms with Gasteiger partial charge in [-0.2, -0.15) is 0 Å². The molecular weight excluding hydrogens is 414 g/mol. The van der Waals surface area contributed by atoms with Crippen molar-refractivity contribution in [3.63, 3.8) is 0 Å². The molecule has 6 rings (SSSR count). The van der Waals surface area contributed by atoms with Crippen LogP contribution in [-0.2, 0) is 9.53 Å². The van der Waals surface area contributed by atoms with E-state index >= 15 is 0 Å². The number of carbonyl (C=O) groups is 1. The van der Waals surface area contributed by atoms with Crippen LogP contribution in [0.25, 0.3) is 11.0 Å². The molecule has 4 heterocycles. The van der Waals surface area contributed by atoms with Crippen LogP contribution in [0.2, 0.25) is 0 Å². The van der Waals surface area contributed by atoms with Crippen molar-refractivity contribution in [2.45, 2.75) is 25.3 Å². The number of likely N-dealkylation sites (tertiary alicyclic amines) is 1. The van der Waals surface area contributed by atoms with E-state index in [1.807, 2.05) is 29.2 Å². The summed E-state index contributed by atoms with van der Waals surface area (Å²) in [4.78, 5) is 27.6. The lowest BCUT2D eigenvalue weighted by atomic mass is 10.00. The van der Waals surface area contributed by atoms with Gasteiger partial charge >= 0.3 is 0 Å². The topological polar surface area (TPSA) is 64.7 Å². The molecule has 0 aliphatic carbocycles. The van der Waals surface area contributed by atoms with Gasteiger partial charge in [-0.1, -0.05) is 12.1 Å². The first-order valence-electron chi connectivity index (χ1n) is 11.9. The highest BCUT2D eigenvalue weighted by atomic mass is 16.5. The molecule has 33 heavy (non-hydrogen) atoms. The van der Waals surface area contributed by atoms with Crippen molar-refractivity contribution in [2.24, 2.45) is 0 Å². The molecule has 1 atom stereocenters. The Bertz CT molecular complexity index is 1170. The maximum absolute atomic E-state index is 13.4. The molecule has 0 radical (unpaired) electrons. The number of carbonyl (C=O) groups excluding carboxylic acids is 1. The van der Waals surface area contributed by atoms with Crippen molar-refractivity contribution in [3.05, 3.63) is 66.1 Å². The molecule has 3 aromatic rings. The second-order valence-electron chi connectivity index (χ2n) is 9.02. The molecule has 3 aliphatic heterocycles. The molecule has 1 unspecified atom stereocenters. The van der Waals surface area contributed by atoms with Gasteiger partial charge in [-0.3, -0.25) is 9.69 Å². The van der Waals surface area contributed by atoms with E-state index in [-0.39, 0.29) is 11.9 Å². The summed E-state index contributed by atoms with van der Waals surface area (Å²) in [6, 6.07) is 14.6. The maximum atomic E-state index is 13.4. The van der Waals surface area contributed by atoms with Crippen molar-refractivity contribution in [1.29, 1.82) is 0 Å². The third kappa shape index (κ3) is 3.76. The normalized spacial score (nSPS) is 21.7. The number of aromatic amines is 1. The number of amides is 1. The van der Waals surface area contributed by atoms with Crippen molar-refractivity contribution in [3.8, 4) is 0 Å². The summed E-state index contributed by atoms with van der Waals surface area (Å²) in [6.45, 7) is 5.38. The second kappa shape index (κ2) is 8.56. The van der Waals surface area contributed by atoms with Crippen LogP contribution >= 0.6 is 0 Å². The van der Waals surface area contributed by atoms with Gasteiger partial charge in [0.15, 0.2) is 0 Å². The van der Waals surface area contributed by atoms with Crippen LogP contribution < -0.4 is 9.80 Å².